The summed E-state index contributed by atoms with van der Waals surface area (Å²) in [5.41, 5.74) is 7.02. The number of alkyl halides is 1. The van der Waals surface area contributed by atoms with Gasteiger partial charge in [-0.1, -0.05) is 74.5 Å². The van der Waals surface area contributed by atoms with Crippen LogP contribution in [0.3, 0.4) is 0 Å². The highest BCUT2D eigenvalue weighted by molar-refractivity contribution is 6.21. The fourth-order valence-corrected chi connectivity index (χ4v) is 4.54. The third-order valence-corrected chi connectivity index (χ3v) is 6.35. The third-order valence-electron chi connectivity index (χ3n) is 6.12. The number of halogens is 1. The van der Waals surface area contributed by atoms with E-state index in [9.17, 15) is 0 Å². The summed E-state index contributed by atoms with van der Waals surface area (Å²) >= 11 is 6.50. The zero-order chi connectivity index (χ0) is 23.7. The molecule has 0 saturated heterocycles. The van der Waals surface area contributed by atoms with E-state index in [1.165, 1.54) is 5.56 Å². The second-order valence-electron chi connectivity index (χ2n) is 8.87. The summed E-state index contributed by atoms with van der Waals surface area (Å²) in [6, 6.07) is 26.8. The molecule has 2 heterocycles. The van der Waals surface area contributed by atoms with E-state index >= 15 is 0 Å². The molecule has 0 radical (unpaired) electrons. The summed E-state index contributed by atoms with van der Waals surface area (Å²) in [5.74, 6) is 0.343. The van der Waals surface area contributed by atoms with Crippen LogP contribution in [0.15, 0.2) is 83.9 Å². The normalized spacial score (nSPS) is 12.9. The van der Waals surface area contributed by atoms with Crippen molar-refractivity contribution in [3.63, 3.8) is 0 Å². The van der Waals surface area contributed by atoms with Gasteiger partial charge in [-0.15, -0.1) is 11.6 Å². The van der Waals surface area contributed by atoms with Crippen LogP contribution in [0.4, 0.5) is 5.69 Å². The van der Waals surface area contributed by atoms with Crippen molar-refractivity contribution in [2.45, 2.75) is 38.6 Å². The standard InChI is InChI=1S/C29H27ClN4/c1-19(2)23-11-8-12-24(20(3)30)29(23)31-17-27-25-10-5-7-14-28(25)34(33-27)18-22-16-15-21-9-4-6-13-26(21)32-22/h4-17,19-20H,18H2,1-3H3. The van der Waals surface area contributed by atoms with Gasteiger partial charge in [0.15, 0.2) is 0 Å². The van der Waals surface area contributed by atoms with Crippen LogP contribution in [-0.4, -0.2) is 21.0 Å². The Bertz CT molecular complexity index is 1470. The van der Waals surface area contributed by atoms with Gasteiger partial charge in [-0.05, 0) is 42.2 Å². The number of fused-ring (bicyclic) bond motifs is 2. The Morgan fingerprint density at radius 3 is 2.47 bits per heavy atom. The molecule has 2 aromatic heterocycles. The number of nitrogens with zero attached hydrogens (tertiary/aromatic N) is 4. The monoisotopic (exact) mass is 466 g/mol. The summed E-state index contributed by atoms with van der Waals surface area (Å²) in [5, 5.41) is 7.00. The topological polar surface area (TPSA) is 43.1 Å². The second kappa shape index (κ2) is 9.40. The van der Waals surface area contributed by atoms with Crippen LogP contribution in [0.2, 0.25) is 0 Å². The minimum Gasteiger partial charge on any atom is -0.258 e. The number of hydrogen-bond acceptors (Lipinski definition) is 3. The Labute approximate surface area is 204 Å². The van der Waals surface area contributed by atoms with Gasteiger partial charge < -0.3 is 0 Å². The first kappa shape index (κ1) is 22.3. The van der Waals surface area contributed by atoms with E-state index in [0.29, 0.717) is 12.5 Å². The van der Waals surface area contributed by atoms with Crippen LogP contribution in [0.1, 0.15) is 54.6 Å². The van der Waals surface area contributed by atoms with E-state index in [4.69, 9.17) is 26.7 Å². The van der Waals surface area contributed by atoms with Crippen LogP contribution in [0.5, 0.6) is 0 Å². The van der Waals surface area contributed by atoms with Crippen molar-refractivity contribution in [2.24, 2.45) is 4.99 Å². The van der Waals surface area contributed by atoms with Crippen LogP contribution >= 0.6 is 11.6 Å². The molecule has 1 unspecified atom stereocenters. The number of aliphatic imine (C=N–C) groups is 1. The van der Waals surface area contributed by atoms with Gasteiger partial charge in [-0.2, -0.15) is 5.10 Å². The Morgan fingerprint density at radius 1 is 0.882 bits per heavy atom. The van der Waals surface area contributed by atoms with Gasteiger partial charge in [0.05, 0.1) is 40.6 Å². The molecule has 3 aromatic carbocycles. The summed E-state index contributed by atoms with van der Waals surface area (Å²) in [6.45, 7) is 6.93. The van der Waals surface area contributed by atoms with Gasteiger partial charge >= 0.3 is 0 Å². The minimum absolute atomic E-state index is 0.126. The molecule has 34 heavy (non-hydrogen) atoms. The molecule has 0 N–H and O–H groups in total. The Hall–Kier alpha value is -3.50. The molecule has 170 valence electrons. The zero-order valence-electron chi connectivity index (χ0n) is 19.6. The highest BCUT2D eigenvalue weighted by atomic mass is 35.5. The van der Waals surface area contributed by atoms with Crippen LogP contribution in [-0.2, 0) is 6.54 Å². The van der Waals surface area contributed by atoms with Crippen molar-refractivity contribution in [3.05, 3.63) is 101 Å². The number of para-hydroxylation sites is 3. The number of pyridine rings is 1. The smallest absolute Gasteiger partial charge is 0.111 e. The Balaban J connectivity index is 1.55. The lowest BCUT2D eigenvalue weighted by molar-refractivity contribution is 0.697. The van der Waals surface area contributed by atoms with Crippen molar-refractivity contribution in [2.75, 3.05) is 0 Å². The Kier molecular flexibility index (Phi) is 6.16. The van der Waals surface area contributed by atoms with E-state index < -0.39 is 0 Å². The molecule has 0 saturated carbocycles. The predicted molar refractivity (Wildman–Crippen MR) is 143 cm³/mol. The summed E-state index contributed by atoms with van der Waals surface area (Å²) in [7, 11) is 0. The quantitative estimate of drug-likeness (QED) is 0.189. The van der Waals surface area contributed by atoms with Crippen molar-refractivity contribution in [3.8, 4) is 0 Å². The fourth-order valence-electron chi connectivity index (χ4n) is 4.36. The molecule has 0 amide bonds. The molecule has 1 atom stereocenters. The molecule has 0 aliphatic carbocycles. The summed E-state index contributed by atoms with van der Waals surface area (Å²) in [6.07, 6.45) is 1.87. The molecule has 0 aliphatic rings. The van der Waals surface area contributed by atoms with E-state index in [1.54, 1.807) is 0 Å². The van der Waals surface area contributed by atoms with Gasteiger partial charge in [0, 0.05) is 10.8 Å². The maximum Gasteiger partial charge on any atom is 0.111 e. The number of hydrogen-bond donors (Lipinski definition) is 0. The molecule has 5 aromatic rings. The number of rotatable bonds is 6. The van der Waals surface area contributed by atoms with Gasteiger partial charge in [0.25, 0.3) is 0 Å². The average molecular weight is 467 g/mol. The first-order valence-corrected chi connectivity index (χ1v) is 12.1. The first-order valence-electron chi connectivity index (χ1n) is 11.6. The largest absolute Gasteiger partial charge is 0.258 e. The molecular formula is C29H27ClN4. The highest BCUT2D eigenvalue weighted by Crippen LogP contribution is 2.36. The minimum atomic E-state index is -0.126. The third kappa shape index (κ3) is 4.34. The van der Waals surface area contributed by atoms with E-state index in [2.05, 4.69) is 62.4 Å². The van der Waals surface area contributed by atoms with Crippen molar-refractivity contribution in [1.29, 1.82) is 0 Å². The highest BCUT2D eigenvalue weighted by Gasteiger charge is 2.15. The number of aromatic nitrogens is 3. The Morgan fingerprint density at radius 2 is 1.65 bits per heavy atom. The molecule has 0 fully saturated rings. The molecule has 0 bridgehead atoms. The lowest BCUT2D eigenvalue weighted by atomic mass is 9.97. The maximum atomic E-state index is 6.50. The molecule has 0 spiro atoms. The molecule has 5 rings (SSSR count). The lowest BCUT2D eigenvalue weighted by Crippen LogP contribution is -2.04. The average Bonchev–Trinajstić information content (AvgIpc) is 3.19. The van der Waals surface area contributed by atoms with Gasteiger partial charge in [-0.25, -0.2) is 0 Å². The van der Waals surface area contributed by atoms with Crippen LogP contribution in [0, 0.1) is 0 Å². The molecule has 4 nitrogen and oxygen atoms in total. The molecule has 5 heteroatoms. The lowest BCUT2D eigenvalue weighted by Gasteiger charge is -2.15. The zero-order valence-corrected chi connectivity index (χ0v) is 20.4. The number of benzene rings is 3. The van der Waals surface area contributed by atoms with Crippen molar-refractivity contribution >= 4 is 45.3 Å². The second-order valence-corrected chi connectivity index (χ2v) is 9.52. The SMILES string of the molecule is CC(C)c1cccc(C(C)Cl)c1N=Cc1nn(Cc2ccc3ccccc3n2)c2ccccc12. The van der Waals surface area contributed by atoms with Gasteiger partial charge in [0.2, 0.25) is 0 Å². The van der Waals surface area contributed by atoms with Crippen molar-refractivity contribution in [1.82, 2.24) is 14.8 Å². The van der Waals surface area contributed by atoms with E-state index in [0.717, 1.165) is 44.4 Å². The maximum absolute atomic E-state index is 6.50. The van der Waals surface area contributed by atoms with Gasteiger partial charge in [0.1, 0.15) is 5.69 Å². The van der Waals surface area contributed by atoms with Gasteiger partial charge in [-0.3, -0.25) is 14.7 Å². The molecular weight excluding hydrogens is 440 g/mol. The van der Waals surface area contributed by atoms with E-state index in [1.807, 2.05) is 48.2 Å². The first-order chi connectivity index (χ1) is 16.5. The predicted octanol–water partition coefficient (Wildman–Crippen LogP) is 7.81. The summed E-state index contributed by atoms with van der Waals surface area (Å²) in [4.78, 5) is 9.76. The van der Waals surface area contributed by atoms with E-state index in [-0.39, 0.29) is 5.38 Å². The molecule has 0 aliphatic heterocycles. The fraction of sp³-hybridized carbons (Fsp3) is 0.207. The van der Waals surface area contributed by atoms with Crippen LogP contribution < -0.4 is 0 Å². The van der Waals surface area contributed by atoms with Crippen LogP contribution in [0.25, 0.3) is 21.8 Å². The van der Waals surface area contributed by atoms with Crippen molar-refractivity contribution < 1.29 is 0 Å². The summed E-state index contributed by atoms with van der Waals surface area (Å²) < 4.78 is 2.01.